The van der Waals surface area contributed by atoms with Crippen LogP contribution in [0.4, 0.5) is 0 Å². The molecule has 0 saturated heterocycles. The Labute approximate surface area is 61.8 Å². The predicted molar refractivity (Wildman–Crippen MR) is 42.1 cm³/mol. The van der Waals surface area contributed by atoms with Gasteiger partial charge in [0.15, 0.2) is 0 Å². The Balaban J connectivity index is 2.13. The minimum Gasteiger partial charge on any atom is -0.244 e. The normalized spacial score (nSPS) is 25.6. The van der Waals surface area contributed by atoms with Crippen molar-refractivity contribution in [1.29, 1.82) is 0 Å². The van der Waals surface area contributed by atoms with Crippen LogP contribution in [0.5, 0.6) is 0 Å². The first-order chi connectivity index (χ1) is 5.00. The molecule has 0 bridgehead atoms. The van der Waals surface area contributed by atoms with E-state index in [1.807, 2.05) is 0 Å². The zero-order valence-electron chi connectivity index (χ0n) is 6.19. The molecule has 1 aliphatic rings. The van der Waals surface area contributed by atoms with Gasteiger partial charge >= 0.3 is 0 Å². The molecule has 0 radical (unpaired) electrons. The quantitative estimate of drug-likeness (QED) is 0.425. The Hall–Kier alpha value is -0.380. The molecule has 0 atom stereocenters. The van der Waals surface area contributed by atoms with Crippen molar-refractivity contribution in [3.8, 4) is 0 Å². The standard InChI is InChI=1S/C7H15N3/c1-2-4-6-8-10-9-7-5-3-1/h1-2,8-10H,3-7H2/b2-1-. The molecule has 0 aromatic rings. The van der Waals surface area contributed by atoms with Gasteiger partial charge < -0.3 is 0 Å². The van der Waals surface area contributed by atoms with Gasteiger partial charge in [-0.2, -0.15) is 5.53 Å². The summed E-state index contributed by atoms with van der Waals surface area (Å²) in [5.41, 5.74) is 9.02. The largest absolute Gasteiger partial charge is 0.244 e. The van der Waals surface area contributed by atoms with Crippen LogP contribution in [0.1, 0.15) is 19.3 Å². The molecule has 0 aromatic carbocycles. The van der Waals surface area contributed by atoms with Crippen molar-refractivity contribution in [3.63, 3.8) is 0 Å². The van der Waals surface area contributed by atoms with Crippen molar-refractivity contribution >= 4 is 0 Å². The summed E-state index contributed by atoms with van der Waals surface area (Å²) in [6.07, 6.45) is 7.96. The van der Waals surface area contributed by atoms with E-state index in [1.165, 1.54) is 12.8 Å². The maximum Gasteiger partial charge on any atom is 0.0148 e. The summed E-state index contributed by atoms with van der Waals surface area (Å²) in [7, 11) is 0. The van der Waals surface area contributed by atoms with Gasteiger partial charge in [-0.05, 0) is 19.3 Å². The molecule has 1 heterocycles. The molecular weight excluding hydrogens is 126 g/mol. The lowest BCUT2D eigenvalue weighted by molar-refractivity contribution is 0.431. The Morgan fingerprint density at radius 3 is 2.70 bits per heavy atom. The van der Waals surface area contributed by atoms with Crippen molar-refractivity contribution < 1.29 is 0 Å². The minimum absolute atomic E-state index is 0.990. The molecule has 0 aliphatic carbocycles. The summed E-state index contributed by atoms with van der Waals surface area (Å²) < 4.78 is 0. The second kappa shape index (κ2) is 5.41. The molecule has 3 heteroatoms. The summed E-state index contributed by atoms with van der Waals surface area (Å²) in [4.78, 5) is 0. The minimum atomic E-state index is 0.990. The third kappa shape index (κ3) is 3.61. The van der Waals surface area contributed by atoms with E-state index < -0.39 is 0 Å². The summed E-state index contributed by atoms with van der Waals surface area (Å²) in [6.45, 7) is 2.01. The molecule has 3 N–H and O–H groups in total. The van der Waals surface area contributed by atoms with E-state index in [-0.39, 0.29) is 0 Å². The van der Waals surface area contributed by atoms with E-state index in [2.05, 4.69) is 28.5 Å². The van der Waals surface area contributed by atoms with Crippen LogP contribution in [0.15, 0.2) is 12.2 Å². The van der Waals surface area contributed by atoms with E-state index in [1.54, 1.807) is 0 Å². The van der Waals surface area contributed by atoms with Crippen LogP contribution in [0.25, 0.3) is 0 Å². The van der Waals surface area contributed by atoms with Crippen molar-refractivity contribution in [1.82, 2.24) is 16.4 Å². The maximum atomic E-state index is 3.06. The highest BCUT2D eigenvalue weighted by Gasteiger charge is 1.87. The van der Waals surface area contributed by atoms with Crippen LogP contribution < -0.4 is 16.4 Å². The van der Waals surface area contributed by atoms with Crippen molar-refractivity contribution in [2.75, 3.05) is 13.1 Å². The molecule has 0 saturated carbocycles. The van der Waals surface area contributed by atoms with E-state index in [0.717, 1.165) is 19.5 Å². The number of hydrogen-bond donors (Lipinski definition) is 3. The average molecular weight is 141 g/mol. The summed E-state index contributed by atoms with van der Waals surface area (Å²) >= 11 is 0. The van der Waals surface area contributed by atoms with Gasteiger partial charge in [0.25, 0.3) is 0 Å². The van der Waals surface area contributed by atoms with Gasteiger partial charge in [0.2, 0.25) is 0 Å². The fourth-order valence-corrected chi connectivity index (χ4v) is 0.887. The van der Waals surface area contributed by atoms with Crippen molar-refractivity contribution in [2.24, 2.45) is 0 Å². The molecule has 1 aliphatic heterocycles. The van der Waals surface area contributed by atoms with Gasteiger partial charge in [-0.25, -0.2) is 10.9 Å². The Kier molecular flexibility index (Phi) is 4.18. The van der Waals surface area contributed by atoms with Gasteiger partial charge in [-0.1, -0.05) is 12.2 Å². The smallest absolute Gasteiger partial charge is 0.0148 e. The second-order valence-electron chi connectivity index (χ2n) is 2.38. The Bertz CT molecular complexity index is 89.0. The van der Waals surface area contributed by atoms with Gasteiger partial charge in [-0.3, -0.25) is 0 Å². The van der Waals surface area contributed by atoms with Crippen molar-refractivity contribution in [2.45, 2.75) is 19.3 Å². The first kappa shape index (κ1) is 7.72. The first-order valence-corrected chi connectivity index (χ1v) is 3.86. The molecule has 3 nitrogen and oxygen atoms in total. The summed E-state index contributed by atoms with van der Waals surface area (Å²) in [6, 6.07) is 0. The fourth-order valence-electron chi connectivity index (χ4n) is 0.887. The zero-order valence-corrected chi connectivity index (χ0v) is 6.19. The van der Waals surface area contributed by atoms with Gasteiger partial charge in [0.1, 0.15) is 0 Å². The molecular formula is C7H15N3. The van der Waals surface area contributed by atoms with Crippen LogP contribution in [-0.4, -0.2) is 13.1 Å². The van der Waals surface area contributed by atoms with Crippen LogP contribution in [0, 0.1) is 0 Å². The third-order valence-corrected chi connectivity index (χ3v) is 1.45. The van der Waals surface area contributed by atoms with E-state index >= 15 is 0 Å². The summed E-state index contributed by atoms with van der Waals surface area (Å²) in [5, 5.41) is 0. The second-order valence-corrected chi connectivity index (χ2v) is 2.38. The number of rotatable bonds is 0. The molecule has 0 spiro atoms. The number of hydrazine groups is 2. The number of hydrogen-bond acceptors (Lipinski definition) is 3. The number of allylic oxidation sites excluding steroid dienone is 1. The monoisotopic (exact) mass is 141 g/mol. The van der Waals surface area contributed by atoms with E-state index in [0.29, 0.717) is 0 Å². The molecule has 0 aromatic heterocycles. The molecule has 1 rings (SSSR count). The zero-order chi connectivity index (χ0) is 7.07. The lowest BCUT2D eigenvalue weighted by Gasteiger charge is -2.08. The van der Waals surface area contributed by atoms with Gasteiger partial charge in [-0.15, -0.1) is 0 Å². The van der Waals surface area contributed by atoms with Crippen LogP contribution in [0.2, 0.25) is 0 Å². The van der Waals surface area contributed by atoms with Gasteiger partial charge in [0, 0.05) is 13.1 Å². The topological polar surface area (TPSA) is 36.1 Å². The maximum absolute atomic E-state index is 3.06. The Morgan fingerprint density at radius 1 is 0.900 bits per heavy atom. The van der Waals surface area contributed by atoms with Crippen LogP contribution in [-0.2, 0) is 0 Å². The Morgan fingerprint density at radius 2 is 1.70 bits per heavy atom. The predicted octanol–water partition coefficient (Wildman–Crippen LogP) is 0.325. The summed E-state index contributed by atoms with van der Waals surface area (Å²) in [5.74, 6) is 0. The average Bonchev–Trinajstić information content (AvgIpc) is 2.01. The van der Waals surface area contributed by atoms with Crippen LogP contribution in [0.3, 0.4) is 0 Å². The molecule has 0 unspecified atom stereocenters. The van der Waals surface area contributed by atoms with E-state index in [9.17, 15) is 0 Å². The lowest BCUT2D eigenvalue weighted by Crippen LogP contribution is -2.44. The highest BCUT2D eigenvalue weighted by Crippen LogP contribution is 1.91. The molecule has 0 amide bonds. The molecule has 0 fully saturated rings. The highest BCUT2D eigenvalue weighted by molar-refractivity contribution is 4.82. The van der Waals surface area contributed by atoms with Crippen LogP contribution >= 0.6 is 0 Å². The van der Waals surface area contributed by atoms with Gasteiger partial charge in [0.05, 0.1) is 0 Å². The molecule has 10 heavy (non-hydrogen) atoms. The van der Waals surface area contributed by atoms with E-state index in [4.69, 9.17) is 0 Å². The molecule has 58 valence electrons. The number of nitrogens with one attached hydrogen (secondary N) is 3. The van der Waals surface area contributed by atoms with Crippen molar-refractivity contribution in [3.05, 3.63) is 12.2 Å². The first-order valence-electron chi connectivity index (χ1n) is 3.86. The third-order valence-electron chi connectivity index (χ3n) is 1.45. The fraction of sp³-hybridized carbons (Fsp3) is 0.714. The highest BCUT2D eigenvalue weighted by atomic mass is 15.6. The SMILES string of the molecule is C1=C\CCNNNCCC/1. The lowest BCUT2D eigenvalue weighted by atomic mass is 10.2.